The molecule has 7 heteroatoms. The van der Waals surface area contributed by atoms with Crippen LogP contribution in [0.3, 0.4) is 0 Å². The Morgan fingerprint density at radius 2 is 2.20 bits per heavy atom. The molecule has 25 heavy (non-hydrogen) atoms. The van der Waals surface area contributed by atoms with E-state index in [-0.39, 0.29) is 0 Å². The number of aliphatic hydroxyl groups is 1. The highest BCUT2D eigenvalue weighted by molar-refractivity contribution is 6.30. The summed E-state index contributed by atoms with van der Waals surface area (Å²) in [4.78, 5) is 10.2. The van der Waals surface area contributed by atoms with Crippen LogP contribution in [0.15, 0.2) is 6.07 Å². The van der Waals surface area contributed by atoms with Gasteiger partial charge in [-0.1, -0.05) is 31.9 Å². The van der Waals surface area contributed by atoms with Crippen LogP contribution in [0.4, 0.5) is 0 Å². The Hall–Kier alpha value is -1.37. The van der Waals surface area contributed by atoms with E-state index in [1.54, 1.807) is 0 Å². The molecule has 0 amide bonds. The summed E-state index contributed by atoms with van der Waals surface area (Å²) in [6.07, 6.45) is 4.46. The average molecular weight is 366 g/mol. The number of nitrogens with one attached hydrogen (secondary N) is 1. The number of hydrogen-bond acceptors (Lipinski definition) is 4. The molecule has 1 aliphatic rings. The third-order valence-corrected chi connectivity index (χ3v) is 5.08. The first kappa shape index (κ1) is 18.4. The molecule has 3 rings (SSSR count). The fraction of sp³-hybridized carbons (Fsp3) is 0.667. The summed E-state index contributed by atoms with van der Waals surface area (Å²) in [5.41, 5.74) is 2.93. The van der Waals surface area contributed by atoms with Gasteiger partial charge in [0, 0.05) is 32.6 Å². The van der Waals surface area contributed by atoms with Crippen LogP contribution in [0, 0.1) is 0 Å². The Bertz CT molecular complexity index is 696. The summed E-state index contributed by atoms with van der Waals surface area (Å²) < 4.78 is 2.04. The maximum absolute atomic E-state index is 10.0. The van der Waals surface area contributed by atoms with Crippen molar-refractivity contribution >= 4 is 11.6 Å². The van der Waals surface area contributed by atoms with Crippen molar-refractivity contribution in [3.63, 3.8) is 0 Å². The van der Waals surface area contributed by atoms with Crippen molar-refractivity contribution in [2.75, 3.05) is 6.54 Å². The number of hydrogen-bond donors (Lipinski definition) is 2. The molecule has 0 radical (unpaired) electrons. The fourth-order valence-corrected chi connectivity index (χ4v) is 3.50. The lowest BCUT2D eigenvalue weighted by molar-refractivity contribution is 0.167. The van der Waals surface area contributed by atoms with Gasteiger partial charge in [-0.3, -0.25) is 9.58 Å². The normalized spacial score (nSPS) is 16.6. The zero-order chi connectivity index (χ0) is 17.8. The second kappa shape index (κ2) is 8.34. The van der Waals surface area contributed by atoms with Gasteiger partial charge in [-0.2, -0.15) is 5.10 Å². The van der Waals surface area contributed by atoms with Crippen molar-refractivity contribution in [1.29, 1.82) is 0 Å². The molecule has 2 aromatic rings. The van der Waals surface area contributed by atoms with Crippen LogP contribution in [0.5, 0.6) is 0 Å². The number of nitrogens with zero attached hydrogens (tertiary/aromatic N) is 4. The number of rotatable bonds is 7. The second-order valence-corrected chi connectivity index (χ2v) is 7.19. The topological polar surface area (TPSA) is 70.0 Å². The molecule has 0 aromatic carbocycles. The molecule has 0 aliphatic carbocycles. The highest BCUT2D eigenvalue weighted by Crippen LogP contribution is 2.22. The lowest BCUT2D eigenvalue weighted by Crippen LogP contribution is -2.23. The SMILES string of the molecule is CCCCc1nc(Cl)c(CN2CCCn3nc([C@@H](O)CC)cc3C2)[nH]1. The van der Waals surface area contributed by atoms with Crippen molar-refractivity contribution in [2.24, 2.45) is 0 Å². The molecule has 2 aromatic heterocycles. The standard InChI is InChI=1S/C18H28ClN5O/c1-3-5-7-17-20-15(18(19)21-17)12-23-8-6-9-24-13(11-23)10-14(22-24)16(25)4-2/h10,16,25H,3-9,11-12H2,1-2H3,(H,20,21)/t16-/m0/s1. The maximum Gasteiger partial charge on any atom is 0.151 e. The number of aliphatic hydroxyl groups excluding tert-OH is 1. The zero-order valence-corrected chi connectivity index (χ0v) is 15.9. The molecule has 0 bridgehead atoms. The number of unbranched alkanes of at least 4 members (excludes halogenated alkanes) is 1. The largest absolute Gasteiger partial charge is 0.387 e. The lowest BCUT2D eigenvalue weighted by atomic mass is 10.2. The Morgan fingerprint density at radius 1 is 1.36 bits per heavy atom. The van der Waals surface area contributed by atoms with Crippen molar-refractivity contribution in [3.8, 4) is 0 Å². The fourth-order valence-electron chi connectivity index (χ4n) is 3.29. The molecule has 2 N–H and O–H groups in total. The molecular weight excluding hydrogens is 338 g/mol. The van der Waals surface area contributed by atoms with E-state index in [4.69, 9.17) is 11.6 Å². The molecule has 138 valence electrons. The van der Waals surface area contributed by atoms with E-state index in [9.17, 15) is 5.11 Å². The monoisotopic (exact) mass is 365 g/mol. The van der Waals surface area contributed by atoms with Crippen LogP contribution in [-0.2, 0) is 26.1 Å². The van der Waals surface area contributed by atoms with Gasteiger partial charge in [0.15, 0.2) is 5.15 Å². The number of halogens is 1. The Balaban J connectivity index is 1.69. The minimum absolute atomic E-state index is 0.476. The van der Waals surface area contributed by atoms with Gasteiger partial charge in [-0.25, -0.2) is 4.98 Å². The summed E-state index contributed by atoms with van der Waals surface area (Å²) in [7, 11) is 0. The number of aromatic nitrogens is 4. The third-order valence-electron chi connectivity index (χ3n) is 4.77. The zero-order valence-electron chi connectivity index (χ0n) is 15.1. The van der Waals surface area contributed by atoms with Crippen LogP contribution < -0.4 is 0 Å². The number of aromatic amines is 1. The molecule has 0 spiro atoms. The Kier molecular flexibility index (Phi) is 6.15. The van der Waals surface area contributed by atoms with Gasteiger partial charge < -0.3 is 10.1 Å². The first-order valence-electron chi connectivity index (χ1n) is 9.31. The van der Waals surface area contributed by atoms with Gasteiger partial charge in [0.2, 0.25) is 0 Å². The highest BCUT2D eigenvalue weighted by Gasteiger charge is 2.20. The number of imidazole rings is 1. The number of H-pyrrole nitrogens is 1. The van der Waals surface area contributed by atoms with E-state index >= 15 is 0 Å². The molecular formula is C18H28ClN5O. The van der Waals surface area contributed by atoms with E-state index in [0.717, 1.165) is 74.8 Å². The molecule has 1 aliphatic heterocycles. The van der Waals surface area contributed by atoms with Gasteiger partial charge in [0.25, 0.3) is 0 Å². The summed E-state index contributed by atoms with van der Waals surface area (Å²) in [6.45, 7) is 7.60. The van der Waals surface area contributed by atoms with Crippen molar-refractivity contribution in [2.45, 2.75) is 71.7 Å². The third kappa shape index (κ3) is 4.43. The molecule has 0 fully saturated rings. The molecule has 1 atom stereocenters. The van der Waals surface area contributed by atoms with Crippen molar-refractivity contribution in [3.05, 3.63) is 34.1 Å². The van der Waals surface area contributed by atoms with Crippen LogP contribution >= 0.6 is 11.6 Å². The predicted molar refractivity (Wildman–Crippen MR) is 98.4 cm³/mol. The van der Waals surface area contributed by atoms with E-state index in [1.807, 2.05) is 17.7 Å². The van der Waals surface area contributed by atoms with Gasteiger partial charge in [0.1, 0.15) is 5.82 Å². The molecule has 0 saturated carbocycles. The van der Waals surface area contributed by atoms with E-state index in [2.05, 4.69) is 26.9 Å². The number of aryl methyl sites for hydroxylation is 2. The summed E-state index contributed by atoms with van der Waals surface area (Å²) in [5, 5.41) is 15.2. The van der Waals surface area contributed by atoms with Crippen LogP contribution in [0.2, 0.25) is 5.15 Å². The Labute approximate surface area is 154 Å². The lowest BCUT2D eigenvalue weighted by Gasteiger charge is -2.18. The van der Waals surface area contributed by atoms with Crippen molar-refractivity contribution in [1.82, 2.24) is 24.6 Å². The summed E-state index contributed by atoms with van der Waals surface area (Å²) >= 11 is 6.33. The van der Waals surface area contributed by atoms with Gasteiger partial charge in [0.05, 0.1) is 23.2 Å². The molecule has 6 nitrogen and oxygen atoms in total. The maximum atomic E-state index is 10.0. The number of fused-ring (bicyclic) bond motifs is 1. The second-order valence-electron chi connectivity index (χ2n) is 6.83. The van der Waals surface area contributed by atoms with Crippen LogP contribution in [0.25, 0.3) is 0 Å². The quantitative estimate of drug-likeness (QED) is 0.788. The summed E-state index contributed by atoms with van der Waals surface area (Å²) in [6, 6.07) is 2.04. The van der Waals surface area contributed by atoms with Crippen LogP contribution in [0.1, 0.15) is 68.5 Å². The smallest absolute Gasteiger partial charge is 0.151 e. The summed E-state index contributed by atoms with van der Waals surface area (Å²) in [5.74, 6) is 0.982. The van der Waals surface area contributed by atoms with Gasteiger partial charge in [-0.05, 0) is 25.3 Å². The minimum atomic E-state index is -0.476. The van der Waals surface area contributed by atoms with E-state index < -0.39 is 6.10 Å². The average Bonchev–Trinajstić information content (AvgIpc) is 3.10. The Morgan fingerprint density at radius 3 is 2.96 bits per heavy atom. The first-order valence-corrected chi connectivity index (χ1v) is 9.68. The predicted octanol–water partition coefficient (Wildman–Crippen LogP) is 3.45. The van der Waals surface area contributed by atoms with Crippen molar-refractivity contribution < 1.29 is 5.11 Å². The van der Waals surface area contributed by atoms with E-state index in [1.165, 1.54) is 0 Å². The van der Waals surface area contributed by atoms with Crippen LogP contribution in [-0.4, -0.2) is 36.3 Å². The first-order chi connectivity index (χ1) is 12.1. The van der Waals surface area contributed by atoms with E-state index in [0.29, 0.717) is 11.6 Å². The molecule has 3 heterocycles. The highest BCUT2D eigenvalue weighted by atomic mass is 35.5. The molecule has 0 unspecified atom stereocenters. The molecule has 0 saturated heterocycles. The minimum Gasteiger partial charge on any atom is -0.387 e. The van der Waals surface area contributed by atoms with Gasteiger partial charge >= 0.3 is 0 Å². The van der Waals surface area contributed by atoms with Gasteiger partial charge in [-0.15, -0.1) is 0 Å².